The quantitative estimate of drug-likeness (QED) is 0.790. The lowest BCUT2D eigenvalue weighted by atomic mass is 10.3. The number of methoxy groups -OCH3 is 1. The van der Waals surface area contributed by atoms with Crippen LogP contribution in [0, 0.1) is 6.92 Å². The van der Waals surface area contributed by atoms with Gasteiger partial charge in [-0.25, -0.2) is 4.98 Å². The molecule has 0 aliphatic rings. The average molecular weight is 278 g/mol. The third-order valence-corrected chi connectivity index (χ3v) is 3.44. The van der Waals surface area contributed by atoms with E-state index in [1.807, 2.05) is 37.4 Å². The third-order valence-electron chi connectivity index (χ3n) is 2.53. The van der Waals surface area contributed by atoms with Gasteiger partial charge in [0.05, 0.1) is 18.2 Å². The van der Waals surface area contributed by atoms with Crippen LogP contribution in [0.25, 0.3) is 0 Å². The van der Waals surface area contributed by atoms with Crippen LogP contribution < -0.4 is 10.1 Å². The van der Waals surface area contributed by atoms with Gasteiger partial charge in [0, 0.05) is 29.9 Å². The van der Waals surface area contributed by atoms with Crippen molar-refractivity contribution in [2.24, 2.45) is 0 Å². The van der Waals surface area contributed by atoms with Gasteiger partial charge in [-0.05, 0) is 19.1 Å². The lowest BCUT2D eigenvalue weighted by Gasteiger charge is -2.08. The highest BCUT2D eigenvalue weighted by Gasteiger charge is 2.00. The lowest BCUT2D eigenvalue weighted by molar-refractivity contribution is 0.146. The molecule has 0 spiro atoms. The zero-order chi connectivity index (χ0) is 13.5. The summed E-state index contributed by atoms with van der Waals surface area (Å²) in [6, 6.07) is 7.93. The second-order valence-corrected chi connectivity index (χ2v) is 5.39. The molecule has 0 saturated heterocycles. The Balaban J connectivity index is 1.87. The van der Waals surface area contributed by atoms with E-state index in [4.69, 9.17) is 9.47 Å². The van der Waals surface area contributed by atoms with E-state index in [-0.39, 0.29) is 0 Å². The first-order valence-corrected chi connectivity index (χ1v) is 6.96. The molecule has 102 valence electrons. The monoisotopic (exact) mass is 278 g/mol. The Morgan fingerprint density at radius 1 is 1.32 bits per heavy atom. The van der Waals surface area contributed by atoms with Gasteiger partial charge >= 0.3 is 0 Å². The van der Waals surface area contributed by atoms with Crippen molar-refractivity contribution >= 4 is 17.0 Å². The SMILES string of the molecule is COCCOc1cccc(NCc2cnc(C)s2)c1. The number of ether oxygens (including phenoxy) is 2. The number of benzene rings is 1. The maximum absolute atomic E-state index is 5.57. The molecule has 2 rings (SSSR count). The number of anilines is 1. The maximum atomic E-state index is 5.57. The molecule has 1 aromatic carbocycles. The number of aryl methyl sites for hydroxylation is 1. The molecule has 1 aromatic heterocycles. The standard InChI is InChI=1S/C14H18N2O2S/c1-11-15-9-14(19-11)10-16-12-4-3-5-13(8-12)18-7-6-17-2/h3-5,8-9,16H,6-7,10H2,1-2H3. The maximum Gasteiger partial charge on any atom is 0.121 e. The Morgan fingerprint density at radius 2 is 2.21 bits per heavy atom. The minimum atomic E-state index is 0.563. The topological polar surface area (TPSA) is 43.4 Å². The van der Waals surface area contributed by atoms with Crippen LogP contribution in [0.2, 0.25) is 0 Å². The summed E-state index contributed by atoms with van der Waals surface area (Å²) < 4.78 is 10.5. The largest absolute Gasteiger partial charge is 0.491 e. The van der Waals surface area contributed by atoms with E-state index in [1.54, 1.807) is 18.4 Å². The molecule has 0 aliphatic carbocycles. The van der Waals surface area contributed by atoms with Crippen LogP contribution in [-0.4, -0.2) is 25.3 Å². The molecule has 2 aromatic rings. The van der Waals surface area contributed by atoms with Crippen LogP contribution in [-0.2, 0) is 11.3 Å². The Kier molecular flexibility index (Phi) is 5.18. The molecule has 0 aliphatic heterocycles. The summed E-state index contributed by atoms with van der Waals surface area (Å²) in [6.07, 6.45) is 1.91. The summed E-state index contributed by atoms with van der Waals surface area (Å²) in [4.78, 5) is 5.46. The highest BCUT2D eigenvalue weighted by molar-refractivity contribution is 7.11. The summed E-state index contributed by atoms with van der Waals surface area (Å²) in [5.41, 5.74) is 1.04. The van der Waals surface area contributed by atoms with E-state index in [2.05, 4.69) is 10.3 Å². The first-order valence-electron chi connectivity index (χ1n) is 6.15. The molecule has 5 heteroatoms. The van der Waals surface area contributed by atoms with Crippen molar-refractivity contribution < 1.29 is 9.47 Å². The Labute approximate surface area is 117 Å². The van der Waals surface area contributed by atoms with E-state index < -0.39 is 0 Å². The predicted molar refractivity (Wildman–Crippen MR) is 78.0 cm³/mol. The van der Waals surface area contributed by atoms with Crippen LogP contribution in [0.4, 0.5) is 5.69 Å². The van der Waals surface area contributed by atoms with Gasteiger partial charge in [-0.15, -0.1) is 11.3 Å². The van der Waals surface area contributed by atoms with E-state index in [0.717, 1.165) is 23.0 Å². The summed E-state index contributed by atoms with van der Waals surface area (Å²) in [5.74, 6) is 0.850. The molecule has 0 radical (unpaired) electrons. The van der Waals surface area contributed by atoms with Gasteiger partial charge < -0.3 is 14.8 Å². The number of hydrogen-bond donors (Lipinski definition) is 1. The highest BCUT2D eigenvalue weighted by atomic mass is 32.1. The van der Waals surface area contributed by atoms with Crippen molar-refractivity contribution in [3.05, 3.63) is 40.3 Å². The molecule has 0 unspecified atom stereocenters. The van der Waals surface area contributed by atoms with Crippen LogP contribution in [0.3, 0.4) is 0 Å². The van der Waals surface area contributed by atoms with Gasteiger partial charge in [-0.2, -0.15) is 0 Å². The fourth-order valence-corrected chi connectivity index (χ4v) is 2.35. The Hall–Kier alpha value is -1.59. The van der Waals surface area contributed by atoms with Crippen molar-refractivity contribution in [1.82, 2.24) is 4.98 Å². The first kappa shape index (κ1) is 13.8. The van der Waals surface area contributed by atoms with Crippen molar-refractivity contribution in [1.29, 1.82) is 0 Å². The van der Waals surface area contributed by atoms with Gasteiger partial charge in [-0.3, -0.25) is 0 Å². The Morgan fingerprint density at radius 3 is 2.95 bits per heavy atom. The molecular weight excluding hydrogens is 260 g/mol. The van der Waals surface area contributed by atoms with E-state index in [0.29, 0.717) is 13.2 Å². The van der Waals surface area contributed by atoms with Crippen LogP contribution >= 0.6 is 11.3 Å². The molecule has 4 nitrogen and oxygen atoms in total. The summed E-state index contributed by atoms with van der Waals surface area (Å²) >= 11 is 1.71. The van der Waals surface area contributed by atoms with E-state index in [9.17, 15) is 0 Å². The zero-order valence-corrected chi connectivity index (χ0v) is 12.0. The van der Waals surface area contributed by atoms with Gasteiger partial charge in [0.25, 0.3) is 0 Å². The van der Waals surface area contributed by atoms with E-state index >= 15 is 0 Å². The smallest absolute Gasteiger partial charge is 0.121 e. The molecule has 0 saturated carbocycles. The second kappa shape index (κ2) is 7.11. The normalized spacial score (nSPS) is 10.4. The molecule has 19 heavy (non-hydrogen) atoms. The number of nitrogens with one attached hydrogen (secondary N) is 1. The summed E-state index contributed by atoms with van der Waals surface area (Å²) in [5, 5.41) is 4.46. The van der Waals surface area contributed by atoms with Gasteiger partial charge in [0.1, 0.15) is 12.4 Å². The van der Waals surface area contributed by atoms with Crippen molar-refractivity contribution in [3.63, 3.8) is 0 Å². The van der Waals surface area contributed by atoms with Crippen molar-refractivity contribution in [2.75, 3.05) is 25.6 Å². The number of nitrogens with zero attached hydrogens (tertiary/aromatic N) is 1. The molecular formula is C14H18N2O2S. The number of aromatic nitrogens is 1. The first-order chi connectivity index (χ1) is 9.28. The summed E-state index contributed by atoms with van der Waals surface area (Å²) in [7, 11) is 1.67. The van der Waals surface area contributed by atoms with Crippen molar-refractivity contribution in [2.45, 2.75) is 13.5 Å². The Bertz CT molecular complexity index is 514. The number of rotatable bonds is 7. The zero-order valence-electron chi connectivity index (χ0n) is 11.2. The van der Waals surface area contributed by atoms with Gasteiger partial charge in [0.2, 0.25) is 0 Å². The fraction of sp³-hybridized carbons (Fsp3) is 0.357. The fourth-order valence-electron chi connectivity index (χ4n) is 1.61. The van der Waals surface area contributed by atoms with Crippen LogP contribution in [0.5, 0.6) is 5.75 Å². The number of hydrogen-bond acceptors (Lipinski definition) is 5. The highest BCUT2D eigenvalue weighted by Crippen LogP contribution is 2.19. The van der Waals surface area contributed by atoms with Gasteiger partial charge in [-0.1, -0.05) is 6.07 Å². The lowest BCUT2D eigenvalue weighted by Crippen LogP contribution is -2.04. The molecule has 0 amide bonds. The third kappa shape index (κ3) is 4.54. The molecule has 0 bridgehead atoms. The average Bonchev–Trinajstić information content (AvgIpc) is 2.83. The molecule has 1 heterocycles. The predicted octanol–water partition coefficient (Wildman–Crippen LogP) is 3.09. The van der Waals surface area contributed by atoms with Crippen LogP contribution in [0.1, 0.15) is 9.88 Å². The van der Waals surface area contributed by atoms with Crippen molar-refractivity contribution in [3.8, 4) is 5.75 Å². The summed E-state index contributed by atoms with van der Waals surface area (Å²) in [6.45, 7) is 3.96. The minimum Gasteiger partial charge on any atom is -0.491 e. The minimum absolute atomic E-state index is 0.563. The molecule has 0 atom stereocenters. The second-order valence-electron chi connectivity index (χ2n) is 4.07. The molecule has 1 N–H and O–H groups in total. The van der Waals surface area contributed by atoms with E-state index in [1.165, 1.54) is 4.88 Å². The van der Waals surface area contributed by atoms with Crippen LogP contribution in [0.15, 0.2) is 30.5 Å². The van der Waals surface area contributed by atoms with Gasteiger partial charge in [0.15, 0.2) is 0 Å². The molecule has 0 fully saturated rings. The number of thiazole rings is 1.